The summed E-state index contributed by atoms with van der Waals surface area (Å²) in [5, 5.41) is 11.2. The molecule has 1 N–H and O–H groups in total. The van der Waals surface area contributed by atoms with Crippen LogP contribution in [0.3, 0.4) is 0 Å². The van der Waals surface area contributed by atoms with Crippen LogP contribution in [0.15, 0.2) is 23.8 Å². The van der Waals surface area contributed by atoms with Gasteiger partial charge in [-0.1, -0.05) is 60.1 Å². The van der Waals surface area contributed by atoms with Crippen molar-refractivity contribution in [1.82, 2.24) is 0 Å². The van der Waals surface area contributed by atoms with Crippen molar-refractivity contribution in [3.05, 3.63) is 23.8 Å². The molecule has 33 heavy (non-hydrogen) atoms. The average Bonchev–Trinajstić information content (AvgIpc) is 2.97. The topological polar surface area (TPSA) is 80.7 Å². The number of rotatable bonds is 4. The predicted octanol–water partition coefficient (Wildman–Crippen LogP) is 4.91. The number of allylic oxidation sites excluding steroid dienone is 4. The van der Waals surface area contributed by atoms with Crippen LogP contribution in [-0.2, 0) is 19.1 Å². The minimum atomic E-state index is -1.98. The zero-order valence-electron chi connectivity index (χ0n) is 19.5. The van der Waals surface area contributed by atoms with Crippen molar-refractivity contribution in [2.45, 2.75) is 77.2 Å². The third-order valence-electron chi connectivity index (χ3n) is 9.23. The monoisotopic (exact) mass is 542 g/mol. The summed E-state index contributed by atoms with van der Waals surface area (Å²) in [5.41, 5.74) is -4.69. The summed E-state index contributed by atoms with van der Waals surface area (Å²) in [4.78, 5) is 38.1. The number of esters is 1. The molecule has 182 valence electrons. The Morgan fingerprint density at radius 1 is 1.33 bits per heavy atom. The Bertz CT molecular complexity index is 951. The van der Waals surface area contributed by atoms with Gasteiger partial charge in [0.15, 0.2) is 17.1 Å². The summed E-state index contributed by atoms with van der Waals surface area (Å²) in [6.07, 6.45) is 4.86. The van der Waals surface area contributed by atoms with Crippen LogP contribution in [0.25, 0.3) is 0 Å². The summed E-state index contributed by atoms with van der Waals surface area (Å²) >= 11 is 4.36. The van der Waals surface area contributed by atoms with Gasteiger partial charge in [-0.3, -0.25) is 14.4 Å². The lowest BCUT2D eigenvalue weighted by Gasteiger charge is -2.62. The number of hydrogen-bond acceptors (Lipinski definition) is 6. The number of alkyl halides is 2. The second kappa shape index (κ2) is 8.30. The molecule has 0 aliphatic heterocycles. The van der Waals surface area contributed by atoms with Crippen LogP contribution < -0.4 is 0 Å². The molecule has 3 saturated carbocycles. The predicted molar refractivity (Wildman–Crippen MR) is 128 cm³/mol. The quantitative estimate of drug-likeness (QED) is 0.401. The number of hydrogen-bond donors (Lipinski definition) is 1. The molecule has 0 spiro atoms. The van der Waals surface area contributed by atoms with Crippen LogP contribution in [0.1, 0.15) is 59.8 Å². The van der Waals surface area contributed by atoms with E-state index < -0.39 is 40.1 Å². The van der Waals surface area contributed by atoms with E-state index in [1.54, 1.807) is 19.9 Å². The van der Waals surface area contributed by atoms with Crippen molar-refractivity contribution in [3.63, 3.8) is 0 Å². The van der Waals surface area contributed by atoms with Crippen LogP contribution in [0.4, 0.5) is 4.39 Å². The van der Waals surface area contributed by atoms with Crippen molar-refractivity contribution in [2.24, 2.45) is 28.6 Å². The molecule has 8 atom stereocenters. The molecule has 0 aromatic heterocycles. The molecule has 5 nitrogen and oxygen atoms in total. The molecule has 0 heterocycles. The number of ketones is 1. The van der Waals surface area contributed by atoms with E-state index in [4.69, 9.17) is 4.74 Å². The van der Waals surface area contributed by atoms with Gasteiger partial charge < -0.3 is 9.84 Å². The smallest absolute Gasteiger partial charge is 0.306 e. The first-order chi connectivity index (χ1) is 15.4. The molecule has 0 aromatic carbocycles. The zero-order chi connectivity index (χ0) is 24.4. The van der Waals surface area contributed by atoms with Gasteiger partial charge in [-0.05, 0) is 50.7 Å². The lowest BCUT2D eigenvalue weighted by atomic mass is 9.45. The Morgan fingerprint density at radius 3 is 2.67 bits per heavy atom. The molecule has 4 rings (SSSR count). The standard InChI is InChI=1S/C25H32BrFO5S/c1-5-20(30)32-25(21(31)33-13-26)14(2)10-18-17-7-6-15-11-16(28)8-9-22(15,3)24(17,27)19(29)12-23(18,25)4/h8-9,11,14,17-19,29H,5-7,10,12-13H2,1-4H3/t14-,17?,18?,19-,22-,23-,24-,25-/m0/s1. The van der Waals surface area contributed by atoms with Gasteiger partial charge in [-0.25, -0.2) is 4.39 Å². The first-order valence-corrected chi connectivity index (χ1v) is 13.8. The lowest BCUT2D eigenvalue weighted by Crippen LogP contribution is -2.69. The second-order valence-electron chi connectivity index (χ2n) is 10.5. The molecule has 0 radical (unpaired) electrons. The molecule has 0 saturated heterocycles. The first-order valence-electron chi connectivity index (χ1n) is 11.7. The average molecular weight is 543 g/mol. The van der Waals surface area contributed by atoms with E-state index >= 15 is 4.39 Å². The normalized spacial score (nSPS) is 46.2. The third-order valence-corrected chi connectivity index (χ3v) is 10.6. The van der Waals surface area contributed by atoms with Crippen LogP contribution in [0.5, 0.6) is 0 Å². The Hall–Kier alpha value is -0.990. The van der Waals surface area contributed by atoms with Crippen molar-refractivity contribution >= 4 is 44.6 Å². The van der Waals surface area contributed by atoms with Gasteiger partial charge in [0.25, 0.3) is 0 Å². The largest absolute Gasteiger partial charge is 0.449 e. The first kappa shape index (κ1) is 25.1. The second-order valence-corrected chi connectivity index (χ2v) is 12.8. The van der Waals surface area contributed by atoms with Gasteiger partial charge in [-0.2, -0.15) is 0 Å². The third kappa shape index (κ3) is 3.15. The molecule has 4 aliphatic rings. The van der Waals surface area contributed by atoms with Crippen molar-refractivity contribution < 1.29 is 28.6 Å². The number of carbonyl (C=O) groups is 3. The number of aliphatic hydroxyl groups excluding tert-OH is 1. The van der Waals surface area contributed by atoms with E-state index in [1.807, 2.05) is 13.8 Å². The summed E-state index contributed by atoms with van der Waals surface area (Å²) in [6.45, 7) is 7.26. The highest BCUT2D eigenvalue weighted by molar-refractivity contribution is 9.11. The van der Waals surface area contributed by atoms with Gasteiger partial charge in [0, 0.05) is 29.1 Å². The van der Waals surface area contributed by atoms with Crippen LogP contribution in [0, 0.1) is 28.6 Å². The summed E-state index contributed by atoms with van der Waals surface area (Å²) in [5.74, 6) is -1.72. The number of halogens is 2. The highest BCUT2D eigenvalue weighted by atomic mass is 79.9. The van der Waals surface area contributed by atoms with E-state index in [-0.39, 0.29) is 35.6 Å². The maximum Gasteiger partial charge on any atom is 0.306 e. The number of fused-ring (bicyclic) bond motifs is 5. The highest BCUT2D eigenvalue weighted by Crippen LogP contribution is 2.71. The summed E-state index contributed by atoms with van der Waals surface area (Å²) in [7, 11) is 0. The molecule has 0 aromatic rings. The Balaban J connectivity index is 1.84. The molecule has 8 heteroatoms. The molecular weight excluding hydrogens is 511 g/mol. The molecular formula is C25H32BrFO5S. The van der Waals surface area contributed by atoms with Crippen molar-refractivity contribution in [2.75, 3.05) is 4.66 Å². The van der Waals surface area contributed by atoms with Crippen LogP contribution >= 0.6 is 27.7 Å². The van der Waals surface area contributed by atoms with Gasteiger partial charge in [0.2, 0.25) is 5.12 Å². The minimum absolute atomic E-state index is 0.00520. The molecule has 0 amide bonds. The Labute approximate surface area is 207 Å². The van der Waals surface area contributed by atoms with Gasteiger partial charge in [-0.15, -0.1) is 0 Å². The maximum absolute atomic E-state index is 17.3. The van der Waals surface area contributed by atoms with Crippen molar-refractivity contribution in [3.8, 4) is 0 Å². The van der Waals surface area contributed by atoms with E-state index in [0.717, 1.165) is 17.3 Å². The van der Waals surface area contributed by atoms with Gasteiger partial charge in [0.05, 0.1) is 10.8 Å². The van der Waals surface area contributed by atoms with E-state index in [1.165, 1.54) is 12.2 Å². The van der Waals surface area contributed by atoms with E-state index in [9.17, 15) is 19.5 Å². The zero-order valence-corrected chi connectivity index (χ0v) is 21.9. The number of carbonyl (C=O) groups excluding carboxylic acids is 3. The number of aliphatic hydroxyl groups is 1. The summed E-state index contributed by atoms with van der Waals surface area (Å²) in [6, 6.07) is 0. The SMILES string of the molecule is CCC(=O)O[C@]1(C(=O)SCBr)[C@@H](C)CC2C3CCC4=CC(=O)C=C[C@]4(C)[C@@]3(F)[C@@H](O)C[C@@]21C. The molecule has 3 fully saturated rings. The van der Waals surface area contributed by atoms with E-state index in [0.29, 0.717) is 23.9 Å². The molecule has 0 bridgehead atoms. The van der Waals surface area contributed by atoms with Gasteiger partial charge >= 0.3 is 5.97 Å². The summed E-state index contributed by atoms with van der Waals surface area (Å²) < 4.78 is 23.6. The minimum Gasteiger partial charge on any atom is -0.449 e. The van der Waals surface area contributed by atoms with Crippen LogP contribution in [-0.4, -0.2) is 44.0 Å². The van der Waals surface area contributed by atoms with Gasteiger partial charge in [0.1, 0.15) is 0 Å². The number of thioether (sulfide) groups is 1. The maximum atomic E-state index is 17.3. The fourth-order valence-corrected chi connectivity index (χ4v) is 9.05. The Kier molecular flexibility index (Phi) is 6.32. The fourth-order valence-electron chi connectivity index (χ4n) is 7.63. The lowest BCUT2D eigenvalue weighted by molar-refractivity contribution is -0.225. The van der Waals surface area contributed by atoms with Crippen molar-refractivity contribution in [1.29, 1.82) is 0 Å². The highest BCUT2D eigenvalue weighted by Gasteiger charge is 2.77. The molecule has 2 unspecified atom stereocenters. The fraction of sp³-hybridized carbons (Fsp3) is 0.720. The van der Waals surface area contributed by atoms with Crippen LogP contribution in [0.2, 0.25) is 0 Å². The Morgan fingerprint density at radius 2 is 2.03 bits per heavy atom. The number of ether oxygens (including phenoxy) is 1. The molecule has 4 aliphatic carbocycles. The van der Waals surface area contributed by atoms with E-state index in [2.05, 4.69) is 15.9 Å².